The SMILES string of the molecule is COC1(CC(N)Cc2ccncc2)CCC1. The van der Waals surface area contributed by atoms with Crippen LogP contribution in [0.3, 0.4) is 0 Å². The summed E-state index contributed by atoms with van der Waals surface area (Å²) in [6, 6.07) is 4.24. The predicted molar refractivity (Wildman–Crippen MR) is 64.1 cm³/mol. The Morgan fingerprint density at radius 3 is 2.62 bits per heavy atom. The highest BCUT2D eigenvalue weighted by Crippen LogP contribution is 2.38. The summed E-state index contributed by atoms with van der Waals surface area (Å²) in [7, 11) is 1.80. The Hall–Kier alpha value is -0.930. The van der Waals surface area contributed by atoms with Gasteiger partial charge >= 0.3 is 0 Å². The van der Waals surface area contributed by atoms with Crippen LogP contribution in [0.2, 0.25) is 0 Å². The smallest absolute Gasteiger partial charge is 0.0693 e. The minimum atomic E-state index is 0.0758. The van der Waals surface area contributed by atoms with Crippen LogP contribution in [0.15, 0.2) is 24.5 Å². The summed E-state index contributed by atoms with van der Waals surface area (Å²) in [6.45, 7) is 0. The summed E-state index contributed by atoms with van der Waals surface area (Å²) in [5.74, 6) is 0. The van der Waals surface area contributed by atoms with Crippen molar-refractivity contribution in [1.82, 2.24) is 4.98 Å². The molecule has 3 nitrogen and oxygen atoms in total. The number of hydrogen-bond acceptors (Lipinski definition) is 3. The van der Waals surface area contributed by atoms with Crippen molar-refractivity contribution in [1.29, 1.82) is 0 Å². The zero-order valence-corrected chi connectivity index (χ0v) is 9.86. The van der Waals surface area contributed by atoms with Gasteiger partial charge < -0.3 is 10.5 Å². The fraction of sp³-hybridized carbons (Fsp3) is 0.615. The fourth-order valence-corrected chi connectivity index (χ4v) is 2.43. The maximum Gasteiger partial charge on any atom is 0.0693 e. The molecule has 1 saturated carbocycles. The molecule has 0 amide bonds. The molecule has 1 atom stereocenters. The standard InChI is InChI=1S/C13H20N2O/c1-16-13(5-2-6-13)10-12(14)9-11-3-7-15-8-4-11/h3-4,7-8,12H,2,5-6,9-10,14H2,1H3. The van der Waals surface area contributed by atoms with E-state index in [2.05, 4.69) is 4.98 Å². The van der Waals surface area contributed by atoms with Crippen molar-refractivity contribution in [2.45, 2.75) is 43.7 Å². The van der Waals surface area contributed by atoms with Gasteiger partial charge in [-0.3, -0.25) is 4.98 Å². The first-order chi connectivity index (χ1) is 7.74. The fourth-order valence-electron chi connectivity index (χ4n) is 2.43. The third-order valence-corrected chi connectivity index (χ3v) is 3.58. The van der Waals surface area contributed by atoms with Gasteiger partial charge in [0.05, 0.1) is 5.60 Å². The van der Waals surface area contributed by atoms with Gasteiger partial charge in [-0.1, -0.05) is 0 Å². The summed E-state index contributed by atoms with van der Waals surface area (Å²) < 4.78 is 5.59. The Kier molecular flexibility index (Phi) is 3.56. The van der Waals surface area contributed by atoms with Crippen molar-refractivity contribution in [3.63, 3.8) is 0 Å². The van der Waals surface area contributed by atoms with Crippen molar-refractivity contribution in [2.24, 2.45) is 5.73 Å². The molecule has 1 aromatic heterocycles. The second-order valence-corrected chi connectivity index (χ2v) is 4.76. The van der Waals surface area contributed by atoms with Crippen LogP contribution in [-0.2, 0) is 11.2 Å². The van der Waals surface area contributed by atoms with Gasteiger partial charge in [0, 0.05) is 25.5 Å². The minimum absolute atomic E-state index is 0.0758. The normalized spacial score (nSPS) is 20.1. The first-order valence-electron chi connectivity index (χ1n) is 5.94. The van der Waals surface area contributed by atoms with E-state index in [1.165, 1.54) is 12.0 Å². The molecule has 1 fully saturated rings. The van der Waals surface area contributed by atoms with Crippen molar-refractivity contribution in [3.05, 3.63) is 30.1 Å². The highest BCUT2D eigenvalue weighted by atomic mass is 16.5. The van der Waals surface area contributed by atoms with E-state index in [1.54, 1.807) is 7.11 Å². The Bertz CT molecular complexity index is 316. The summed E-state index contributed by atoms with van der Waals surface area (Å²) in [5.41, 5.74) is 7.51. The molecule has 2 N–H and O–H groups in total. The van der Waals surface area contributed by atoms with E-state index in [0.717, 1.165) is 25.7 Å². The summed E-state index contributed by atoms with van der Waals surface area (Å²) in [5, 5.41) is 0. The van der Waals surface area contributed by atoms with Crippen molar-refractivity contribution in [2.75, 3.05) is 7.11 Å². The van der Waals surface area contributed by atoms with Gasteiger partial charge in [0.2, 0.25) is 0 Å². The van der Waals surface area contributed by atoms with Crippen LogP contribution in [0.5, 0.6) is 0 Å². The van der Waals surface area contributed by atoms with Crippen LogP contribution >= 0.6 is 0 Å². The average Bonchev–Trinajstić information content (AvgIpc) is 2.25. The van der Waals surface area contributed by atoms with E-state index in [1.807, 2.05) is 24.5 Å². The van der Waals surface area contributed by atoms with Gasteiger partial charge in [-0.2, -0.15) is 0 Å². The zero-order chi connectivity index (χ0) is 11.4. The van der Waals surface area contributed by atoms with Crippen LogP contribution in [0.4, 0.5) is 0 Å². The Morgan fingerprint density at radius 2 is 2.12 bits per heavy atom. The van der Waals surface area contributed by atoms with Crippen LogP contribution in [0.25, 0.3) is 0 Å². The molecule has 1 unspecified atom stereocenters. The number of methoxy groups -OCH3 is 1. The summed E-state index contributed by atoms with van der Waals surface area (Å²) in [6.07, 6.45) is 9.10. The number of rotatable bonds is 5. The highest BCUT2D eigenvalue weighted by molar-refractivity contribution is 5.11. The van der Waals surface area contributed by atoms with Crippen molar-refractivity contribution >= 4 is 0 Å². The molecular formula is C13H20N2O. The van der Waals surface area contributed by atoms with E-state index >= 15 is 0 Å². The summed E-state index contributed by atoms with van der Waals surface area (Å²) in [4.78, 5) is 4.01. The molecule has 1 aliphatic rings. The zero-order valence-electron chi connectivity index (χ0n) is 9.86. The van der Waals surface area contributed by atoms with Gasteiger partial charge in [0.1, 0.15) is 0 Å². The number of aromatic nitrogens is 1. The molecule has 1 aromatic rings. The number of nitrogens with zero attached hydrogens (tertiary/aromatic N) is 1. The maximum absolute atomic E-state index is 6.18. The molecule has 1 heterocycles. The maximum atomic E-state index is 6.18. The van der Waals surface area contributed by atoms with Gasteiger partial charge in [-0.15, -0.1) is 0 Å². The van der Waals surface area contributed by atoms with E-state index in [0.29, 0.717) is 0 Å². The largest absolute Gasteiger partial charge is 0.378 e. The van der Waals surface area contributed by atoms with Crippen LogP contribution < -0.4 is 5.73 Å². The lowest BCUT2D eigenvalue weighted by Crippen LogP contribution is -2.44. The highest BCUT2D eigenvalue weighted by Gasteiger charge is 2.38. The molecule has 3 heteroatoms. The second-order valence-electron chi connectivity index (χ2n) is 4.76. The van der Waals surface area contributed by atoms with Crippen LogP contribution in [0, 0.1) is 0 Å². The molecular weight excluding hydrogens is 200 g/mol. The van der Waals surface area contributed by atoms with Gasteiger partial charge in [0.15, 0.2) is 0 Å². The van der Waals surface area contributed by atoms with Gasteiger partial charge in [-0.05, 0) is 49.8 Å². The third kappa shape index (κ3) is 2.60. The number of pyridine rings is 1. The molecule has 0 saturated heterocycles. The summed E-state index contributed by atoms with van der Waals surface area (Å²) >= 11 is 0. The average molecular weight is 220 g/mol. The Morgan fingerprint density at radius 1 is 1.44 bits per heavy atom. The van der Waals surface area contributed by atoms with Crippen molar-refractivity contribution < 1.29 is 4.74 Å². The lowest BCUT2D eigenvalue weighted by Gasteiger charge is -2.42. The van der Waals surface area contributed by atoms with Crippen LogP contribution in [0.1, 0.15) is 31.2 Å². The van der Waals surface area contributed by atoms with E-state index in [9.17, 15) is 0 Å². The Labute approximate surface area is 97.0 Å². The predicted octanol–water partition coefficient (Wildman–Crippen LogP) is 1.91. The van der Waals surface area contributed by atoms with Crippen LogP contribution in [-0.4, -0.2) is 23.7 Å². The first kappa shape index (κ1) is 11.6. The molecule has 0 aromatic carbocycles. The minimum Gasteiger partial charge on any atom is -0.378 e. The first-order valence-corrected chi connectivity index (χ1v) is 5.94. The number of ether oxygens (including phenoxy) is 1. The lowest BCUT2D eigenvalue weighted by molar-refractivity contribution is -0.0813. The molecule has 0 radical (unpaired) electrons. The molecule has 2 rings (SSSR count). The third-order valence-electron chi connectivity index (χ3n) is 3.58. The molecule has 16 heavy (non-hydrogen) atoms. The van der Waals surface area contributed by atoms with Gasteiger partial charge in [0.25, 0.3) is 0 Å². The lowest BCUT2D eigenvalue weighted by atomic mass is 9.75. The van der Waals surface area contributed by atoms with E-state index in [4.69, 9.17) is 10.5 Å². The van der Waals surface area contributed by atoms with Gasteiger partial charge in [-0.25, -0.2) is 0 Å². The topological polar surface area (TPSA) is 48.1 Å². The second kappa shape index (κ2) is 4.93. The monoisotopic (exact) mass is 220 g/mol. The van der Waals surface area contributed by atoms with E-state index < -0.39 is 0 Å². The number of nitrogens with two attached hydrogens (primary N) is 1. The molecule has 0 aliphatic heterocycles. The van der Waals surface area contributed by atoms with Crippen molar-refractivity contribution in [3.8, 4) is 0 Å². The Balaban J connectivity index is 1.87. The molecule has 1 aliphatic carbocycles. The number of hydrogen-bond donors (Lipinski definition) is 1. The molecule has 0 bridgehead atoms. The van der Waals surface area contributed by atoms with E-state index in [-0.39, 0.29) is 11.6 Å². The molecule has 88 valence electrons. The quantitative estimate of drug-likeness (QED) is 0.824. The molecule has 0 spiro atoms.